The van der Waals surface area contributed by atoms with Crippen LogP contribution in [-0.4, -0.2) is 22.9 Å². The van der Waals surface area contributed by atoms with Crippen molar-refractivity contribution < 1.29 is 19.5 Å². The van der Waals surface area contributed by atoms with E-state index in [2.05, 4.69) is 10.6 Å². The van der Waals surface area contributed by atoms with Crippen LogP contribution in [0.3, 0.4) is 0 Å². The molecule has 0 saturated heterocycles. The number of rotatable bonds is 9. The number of hydrogen-bond donors (Lipinski definition) is 3. The largest absolute Gasteiger partial charge is 0.478 e. The molecule has 6 heteroatoms. The molecular weight excluding hydrogens is 392 g/mol. The zero-order chi connectivity index (χ0) is 22.1. The van der Waals surface area contributed by atoms with Gasteiger partial charge in [-0.3, -0.25) is 9.59 Å². The highest BCUT2D eigenvalue weighted by atomic mass is 16.4. The summed E-state index contributed by atoms with van der Waals surface area (Å²) in [6.07, 6.45) is 1.65. The summed E-state index contributed by atoms with van der Waals surface area (Å²) >= 11 is 0. The Morgan fingerprint density at radius 3 is 1.61 bits per heavy atom. The number of carboxylic acid groups (broad SMARTS) is 1. The summed E-state index contributed by atoms with van der Waals surface area (Å²) in [5, 5.41) is 14.8. The third-order valence-electron chi connectivity index (χ3n) is 4.78. The average Bonchev–Trinajstić information content (AvgIpc) is 2.79. The third-order valence-corrected chi connectivity index (χ3v) is 4.78. The Morgan fingerprint density at radius 2 is 1.13 bits per heavy atom. The number of hydrogen-bond acceptors (Lipinski definition) is 3. The van der Waals surface area contributed by atoms with Gasteiger partial charge in [0.15, 0.2) is 0 Å². The van der Waals surface area contributed by atoms with Gasteiger partial charge in [-0.05, 0) is 42.2 Å². The van der Waals surface area contributed by atoms with Gasteiger partial charge in [0.05, 0.1) is 16.9 Å². The van der Waals surface area contributed by atoms with Gasteiger partial charge in [-0.25, -0.2) is 4.79 Å². The maximum absolute atomic E-state index is 12.4. The first-order valence-corrected chi connectivity index (χ1v) is 10.1. The van der Waals surface area contributed by atoms with Gasteiger partial charge in [-0.15, -0.1) is 0 Å². The number of carboxylic acids is 1. The van der Waals surface area contributed by atoms with Crippen LogP contribution < -0.4 is 10.6 Å². The van der Waals surface area contributed by atoms with Gasteiger partial charge < -0.3 is 15.7 Å². The molecule has 0 aliphatic carbocycles. The minimum absolute atomic E-state index is 0.0284. The normalized spacial score (nSPS) is 10.3. The summed E-state index contributed by atoms with van der Waals surface area (Å²) in [5.41, 5.74) is 2.75. The van der Waals surface area contributed by atoms with Crippen LogP contribution in [0.1, 0.15) is 34.3 Å². The van der Waals surface area contributed by atoms with Crippen LogP contribution in [0.2, 0.25) is 0 Å². The molecule has 31 heavy (non-hydrogen) atoms. The number of carbonyl (C=O) groups excluding carboxylic acids is 2. The fourth-order valence-corrected chi connectivity index (χ4v) is 3.12. The van der Waals surface area contributed by atoms with Gasteiger partial charge in [0, 0.05) is 12.8 Å². The quantitative estimate of drug-likeness (QED) is 0.478. The van der Waals surface area contributed by atoms with Crippen molar-refractivity contribution in [2.75, 3.05) is 10.6 Å². The molecule has 6 nitrogen and oxygen atoms in total. The molecule has 0 aromatic heterocycles. The van der Waals surface area contributed by atoms with Gasteiger partial charge in [-0.2, -0.15) is 0 Å². The predicted molar refractivity (Wildman–Crippen MR) is 120 cm³/mol. The first kappa shape index (κ1) is 21.8. The van der Waals surface area contributed by atoms with E-state index >= 15 is 0 Å². The predicted octanol–water partition coefficient (Wildman–Crippen LogP) is 4.53. The summed E-state index contributed by atoms with van der Waals surface area (Å²) in [6, 6.07) is 23.5. The lowest BCUT2D eigenvalue weighted by molar-refractivity contribution is -0.117. The SMILES string of the molecule is O=C(CCc1ccccc1)Nc1ccc(C(=O)O)cc1NC(=O)CCc1ccccc1. The summed E-state index contributed by atoms with van der Waals surface area (Å²) in [6.45, 7) is 0. The van der Waals surface area contributed by atoms with Crippen LogP contribution >= 0.6 is 0 Å². The lowest BCUT2D eigenvalue weighted by atomic mass is 10.1. The van der Waals surface area contributed by atoms with E-state index in [1.165, 1.54) is 18.2 Å². The third kappa shape index (κ3) is 6.82. The van der Waals surface area contributed by atoms with E-state index in [1.54, 1.807) is 0 Å². The van der Waals surface area contributed by atoms with Gasteiger partial charge in [0.2, 0.25) is 11.8 Å². The summed E-state index contributed by atoms with van der Waals surface area (Å²) < 4.78 is 0. The minimum atomic E-state index is -1.11. The number of aryl methyl sites for hydroxylation is 2. The van der Waals surface area contributed by atoms with Crippen molar-refractivity contribution in [2.45, 2.75) is 25.7 Å². The molecule has 0 aliphatic heterocycles. The number of nitrogens with one attached hydrogen (secondary N) is 2. The smallest absolute Gasteiger partial charge is 0.335 e. The summed E-state index contributed by atoms with van der Waals surface area (Å²) in [7, 11) is 0. The Kier molecular flexibility index (Phi) is 7.54. The molecule has 3 aromatic rings. The number of anilines is 2. The molecule has 3 aromatic carbocycles. The molecule has 3 N–H and O–H groups in total. The molecule has 0 aliphatic rings. The Hall–Kier alpha value is -3.93. The Balaban J connectivity index is 1.65. The van der Waals surface area contributed by atoms with Crippen molar-refractivity contribution >= 4 is 29.2 Å². The Morgan fingerprint density at radius 1 is 0.645 bits per heavy atom. The van der Waals surface area contributed by atoms with Crippen LogP contribution in [0.25, 0.3) is 0 Å². The molecule has 0 fully saturated rings. The zero-order valence-electron chi connectivity index (χ0n) is 17.0. The molecule has 0 bridgehead atoms. The topological polar surface area (TPSA) is 95.5 Å². The van der Waals surface area contributed by atoms with E-state index in [0.717, 1.165) is 11.1 Å². The van der Waals surface area contributed by atoms with Crippen molar-refractivity contribution in [3.8, 4) is 0 Å². The molecule has 2 amide bonds. The van der Waals surface area contributed by atoms with Crippen molar-refractivity contribution in [1.82, 2.24) is 0 Å². The first-order chi connectivity index (χ1) is 15.0. The van der Waals surface area contributed by atoms with Gasteiger partial charge in [0.25, 0.3) is 0 Å². The number of aromatic carboxylic acids is 1. The maximum Gasteiger partial charge on any atom is 0.335 e. The highest BCUT2D eigenvalue weighted by Gasteiger charge is 2.13. The maximum atomic E-state index is 12.4. The van der Waals surface area contributed by atoms with Crippen molar-refractivity contribution in [1.29, 1.82) is 0 Å². The lowest BCUT2D eigenvalue weighted by Crippen LogP contribution is -2.18. The number of carbonyl (C=O) groups is 3. The fourth-order valence-electron chi connectivity index (χ4n) is 3.12. The molecule has 0 unspecified atom stereocenters. The van der Waals surface area contributed by atoms with E-state index in [-0.39, 0.29) is 35.9 Å². The molecular formula is C25H24N2O4. The second-order valence-electron chi connectivity index (χ2n) is 7.13. The number of amides is 2. The van der Waals surface area contributed by atoms with Gasteiger partial charge in [0.1, 0.15) is 0 Å². The number of benzene rings is 3. The Labute approximate surface area is 180 Å². The summed E-state index contributed by atoms with van der Waals surface area (Å²) in [5.74, 6) is -1.58. The fraction of sp³-hybridized carbons (Fsp3) is 0.160. The summed E-state index contributed by atoms with van der Waals surface area (Å²) in [4.78, 5) is 36.2. The van der Waals surface area contributed by atoms with Gasteiger partial charge in [-0.1, -0.05) is 60.7 Å². The van der Waals surface area contributed by atoms with Crippen molar-refractivity contribution in [3.63, 3.8) is 0 Å². The van der Waals surface area contributed by atoms with E-state index in [9.17, 15) is 19.5 Å². The van der Waals surface area contributed by atoms with E-state index in [0.29, 0.717) is 18.5 Å². The van der Waals surface area contributed by atoms with Crippen LogP contribution in [0.4, 0.5) is 11.4 Å². The van der Waals surface area contributed by atoms with Crippen LogP contribution in [0, 0.1) is 0 Å². The monoisotopic (exact) mass is 416 g/mol. The standard InChI is InChI=1S/C25H24N2O4/c28-23(15-11-18-7-3-1-4-8-18)26-21-14-13-20(25(30)31)17-22(21)27-24(29)16-12-19-9-5-2-6-10-19/h1-10,13-14,17H,11-12,15-16H2,(H,26,28)(H,27,29)(H,30,31). The average molecular weight is 416 g/mol. The van der Waals surface area contributed by atoms with E-state index in [1.807, 2.05) is 60.7 Å². The molecule has 0 saturated carbocycles. The highest BCUT2D eigenvalue weighted by molar-refractivity contribution is 6.01. The van der Waals surface area contributed by atoms with Gasteiger partial charge >= 0.3 is 5.97 Å². The van der Waals surface area contributed by atoms with Crippen molar-refractivity contribution in [3.05, 3.63) is 95.6 Å². The highest BCUT2D eigenvalue weighted by Crippen LogP contribution is 2.24. The molecule has 0 spiro atoms. The molecule has 0 heterocycles. The second-order valence-corrected chi connectivity index (χ2v) is 7.13. The molecule has 158 valence electrons. The van der Waals surface area contributed by atoms with Crippen LogP contribution in [-0.2, 0) is 22.4 Å². The van der Waals surface area contributed by atoms with Crippen LogP contribution in [0.5, 0.6) is 0 Å². The zero-order valence-corrected chi connectivity index (χ0v) is 17.0. The van der Waals surface area contributed by atoms with E-state index < -0.39 is 5.97 Å². The minimum Gasteiger partial charge on any atom is -0.478 e. The second kappa shape index (κ2) is 10.7. The lowest BCUT2D eigenvalue weighted by Gasteiger charge is -2.13. The van der Waals surface area contributed by atoms with Crippen LogP contribution in [0.15, 0.2) is 78.9 Å². The molecule has 3 rings (SSSR count). The van der Waals surface area contributed by atoms with Crippen molar-refractivity contribution in [2.24, 2.45) is 0 Å². The Bertz CT molecular complexity index is 1050. The molecule has 0 atom stereocenters. The first-order valence-electron chi connectivity index (χ1n) is 10.1. The molecule has 0 radical (unpaired) electrons. The van der Waals surface area contributed by atoms with E-state index in [4.69, 9.17) is 0 Å².